The Morgan fingerprint density at radius 1 is 1.05 bits per heavy atom. The molecule has 0 amide bonds. The van der Waals surface area contributed by atoms with E-state index >= 15 is 0 Å². The van der Waals surface area contributed by atoms with Gasteiger partial charge in [0.2, 0.25) is 0 Å². The molecule has 1 fully saturated rings. The van der Waals surface area contributed by atoms with Gasteiger partial charge in [0.05, 0.1) is 6.04 Å². The molecule has 1 aromatic carbocycles. The Balaban J connectivity index is 1.67. The number of benzene rings is 1. The molecule has 0 aliphatic carbocycles. The van der Waals surface area contributed by atoms with Crippen molar-refractivity contribution in [3.63, 3.8) is 0 Å². The monoisotopic (exact) mass is 267 g/mol. The highest BCUT2D eigenvalue weighted by Crippen LogP contribution is 2.26. The fraction of sp³-hybridized carbons (Fsp3) is 0.412. The molecule has 104 valence electrons. The maximum Gasteiger partial charge on any atom is 0.145 e. The molecule has 20 heavy (non-hydrogen) atoms. The van der Waals surface area contributed by atoms with Crippen LogP contribution in [0.15, 0.2) is 36.4 Å². The second-order valence-corrected chi connectivity index (χ2v) is 5.69. The van der Waals surface area contributed by atoms with Crippen molar-refractivity contribution in [1.82, 2.24) is 15.3 Å². The van der Waals surface area contributed by atoms with Crippen LogP contribution in [-0.2, 0) is 6.42 Å². The Morgan fingerprint density at radius 2 is 1.75 bits per heavy atom. The van der Waals surface area contributed by atoms with Crippen LogP contribution in [0.25, 0.3) is 0 Å². The minimum atomic E-state index is 0.308. The predicted octanol–water partition coefficient (Wildman–Crippen LogP) is 3.13. The Hall–Kier alpha value is -1.74. The van der Waals surface area contributed by atoms with Crippen LogP contribution in [0.4, 0.5) is 0 Å². The molecule has 2 unspecified atom stereocenters. The van der Waals surface area contributed by atoms with Gasteiger partial charge < -0.3 is 5.32 Å². The molecule has 2 aromatic rings. The van der Waals surface area contributed by atoms with Gasteiger partial charge in [0.25, 0.3) is 0 Å². The Kier molecular flexibility index (Phi) is 3.79. The maximum atomic E-state index is 4.58. The molecule has 0 spiro atoms. The summed E-state index contributed by atoms with van der Waals surface area (Å²) in [4.78, 5) is 9.17. The van der Waals surface area contributed by atoms with Crippen LogP contribution in [0.2, 0.25) is 0 Å². The van der Waals surface area contributed by atoms with Crippen LogP contribution in [-0.4, -0.2) is 16.0 Å². The maximum absolute atomic E-state index is 4.58. The van der Waals surface area contributed by atoms with Crippen molar-refractivity contribution < 1.29 is 0 Å². The molecule has 0 radical (unpaired) electrons. The molecule has 1 saturated heterocycles. The van der Waals surface area contributed by atoms with Crippen molar-refractivity contribution >= 4 is 0 Å². The van der Waals surface area contributed by atoms with Crippen molar-refractivity contribution in [3.8, 4) is 0 Å². The minimum Gasteiger partial charge on any atom is -0.304 e. The van der Waals surface area contributed by atoms with Gasteiger partial charge in [-0.05, 0) is 44.7 Å². The van der Waals surface area contributed by atoms with Gasteiger partial charge >= 0.3 is 0 Å². The molecule has 0 bridgehead atoms. The molecular weight excluding hydrogens is 246 g/mol. The number of rotatable bonds is 3. The smallest absolute Gasteiger partial charge is 0.145 e. The van der Waals surface area contributed by atoms with Gasteiger partial charge in [0.1, 0.15) is 5.82 Å². The topological polar surface area (TPSA) is 37.8 Å². The molecule has 2 heterocycles. The quantitative estimate of drug-likeness (QED) is 0.928. The van der Waals surface area contributed by atoms with E-state index < -0.39 is 0 Å². The average Bonchev–Trinajstić information content (AvgIpc) is 2.87. The molecule has 3 heteroatoms. The molecule has 0 saturated carbocycles. The van der Waals surface area contributed by atoms with Crippen LogP contribution < -0.4 is 5.32 Å². The molecule has 1 aliphatic heterocycles. The summed E-state index contributed by atoms with van der Waals surface area (Å²) in [6.07, 6.45) is 3.40. The molecule has 1 aromatic heterocycles. The van der Waals surface area contributed by atoms with Crippen LogP contribution in [0.3, 0.4) is 0 Å². The normalized spacial score (nSPS) is 22.1. The summed E-state index contributed by atoms with van der Waals surface area (Å²) in [5.74, 6) is 0.957. The highest BCUT2D eigenvalue weighted by molar-refractivity contribution is 5.17. The van der Waals surface area contributed by atoms with Gasteiger partial charge in [0, 0.05) is 17.4 Å². The lowest BCUT2D eigenvalue weighted by atomic mass is 10.0. The van der Waals surface area contributed by atoms with E-state index in [0.717, 1.165) is 30.1 Å². The highest BCUT2D eigenvalue weighted by Gasteiger charge is 2.27. The first kappa shape index (κ1) is 13.3. The highest BCUT2D eigenvalue weighted by atomic mass is 15.1. The van der Waals surface area contributed by atoms with Crippen molar-refractivity contribution in [1.29, 1.82) is 0 Å². The third-order valence-corrected chi connectivity index (χ3v) is 3.88. The van der Waals surface area contributed by atoms with Crippen molar-refractivity contribution in [2.24, 2.45) is 0 Å². The van der Waals surface area contributed by atoms with E-state index in [1.54, 1.807) is 0 Å². The van der Waals surface area contributed by atoms with Crippen LogP contribution >= 0.6 is 0 Å². The summed E-state index contributed by atoms with van der Waals surface area (Å²) in [5.41, 5.74) is 3.51. The molecule has 1 aliphatic rings. The first-order chi connectivity index (χ1) is 9.70. The van der Waals surface area contributed by atoms with Crippen molar-refractivity contribution in [3.05, 3.63) is 59.2 Å². The third-order valence-electron chi connectivity index (χ3n) is 3.88. The number of hydrogen-bond donors (Lipinski definition) is 1. The van der Waals surface area contributed by atoms with E-state index in [1.165, 1.54) is 12.0 Å². The molecular formula is C17H21N3. The molecule has 2 atom stereocenters. The first-order valence-electron chi connectivity index (χ1n) is 7.33. The van der Waals surface area contributed by atoms with E-state index in [0.29, 0.717) is 12.1 Å². The molecule has 3 nitrogen and oxygen atoms in total. The standard InChI is InChI=1S/C17H21N3/c1-12-10-13(2)19-17(18-12)16-9-8-15(20-16)11-14-6-4-3-5-7-14/h3-7,10,15-16,20H,8-9,11H2,1-2H3. The van der Waals surface area contributed by atoms with Gasteiger partial charge in [-0.15, -0.1) is 0 Å². The lowest BCUT2D eigenvalue weighted by Gasteiger charge is -2.14. The lowest BCUT2D eigenvalue weighted by Crippen LogP contribution is -2.27. The van der Waals surface area contributed by atoms with Gasteiger partial charge in [0.15, 0.2) is 0 Å². The Morgan fingerprint density at radius 3 is 2.45 bits per heavy atom. The second kappa shape index (κ2) is 5.71. The summed E-state index contributed by atoms with van der Waals surface area (Å²) < 4.78 is 0. The number of hydrogen-bond acceptors (Lipinski definition) is 3. The van der Waals surface area contributed by atoms with Gasteiger partial charge in [-0.25, -0.2) is 9.97 Å². The van der Waals surface area contributed by atoms with Crippen molar-refractivity contribution in [2.75, 3.05) is 0 Å². The van der Waals surface area contributed by atoms with E-state index in [2.05, 4.69) is 45.6 Å². The molecule has 1 N–H and O–H groups in total. The first-order valence-corrected chi connectivity index (χ1v) is 7.33. The lowest BCUT2D eigenvalue weighted by molar-refractivity contribution is 0.530. The average molecular weight is 267 g/mol. The van der Waals surface area contributed by atoms with Crippen molar-refractivity contribution in [2.45, 2.75) is 45.2 Å². The van der Waals surface area contributed by atoms with Crippen LogP contribution in [0.5, 0.6) is 0 Å². The largest absolute Gasteiger partial charge is 0.304 e. The Bertz CT molecular complexity index is 560. The van der Waals surface area contributed by atoms with E-state index in [-0.39, 0.29) is 0 Å². The number of nitrogens with one attached hydrogen (secondary N) is 1. The van der Waals surface area contributed by atoms with Crippen LogP contribution in [0.1, 0.15) is 41.7 Å². The summed E-state index contributed by atoms with van der Waals surface area (Å²) >= 11 is 0. The predicted molar refractivity (Wildman–Crippen MR) is 80.6 cm³/mol. The van der Waals surface area contributed by atoms with E-state index in [1.807, 2.05) is 19.9 Å². The van der Waals surface area contributed by atoms with Gasteiger partial charge in [-0.2, -0.15) is 0 Å². The summed E-state index contributed by atoms with van der Waals surface area (Å²) in [5, 5.41) is 3.69. The Labute approximate surface area is 120 Å². The van der Waals surface area contributed by atoms with E-state index in [9.17, 15) is 0 Å². The number of nitrogens with zero attached hydrogens (tertiary/aromatic N) is 2. The fourth-order valence-corrected chi connectivity index (χ4v) is 2.99. The van der Waals surface area contributed by atoms with E-state index in [4.69, 9.17) is 0 Å². The van der Waals surface area contributed by atoms with Crippen LogP contribution in [0, 0.1) is 13.8 Å². The second-order valence-electron chi connectivity index (χ2n) is 5.69. The number of aromatic nitrogens is 2. The summed E-state index contributed by atoms with van der Waals surface area (Å²) in [6.45, 7) is 4.07. The number of aryl methyl sites for hydroxylation is 2. The van der Waals surface area contributed by atoms with Gasteiger partial charge in [-0.1, -0.05) is 30.3 Å². The minimum absolute atomic E-state index is 0.308. The SMILES string of the molecule is Cc1cc(C)nc(C2CCC(Cc3ccccc3)N2)n1. The summed E-state index contributed by atoms with van der Waals surface area (Å²) in [6, 6.07) is 13.5. The molecule has 3 rings (SSSR count). The fourth-order valence-electron chi connectivity index (χ4n) is 2.99. The zero-order chi connectivity index (χ0) is 13.9. The van der Waals surface area contributed by atoms with Gasteiger partial charge in [-0.3, -0.25) is 0 Å². The zero-order valence-corrected chi connectivity index (χ0v) is 12.1. The third kappa shape index (κ3) is 3.05. The summed E-state index contributed by atoms with van der Waals surface area (Å²) in [7, 11) is 0. The zero-order valence-electron chi connectivity index (χ0n) is 12.1.